The summed E-state index contributed by atoms with van der Waals surface area (Å²) in [4.78, 5) is 0. The van der Waals surface area contributed by atoms with Crippen molar-refractivity contribution in [3.8, 4) is 5.75 Å². The van der Waals surface area contributed by atoms with Gasteiger partial charge in [-0.15, -0.1) is 0 Å². The molecule has 0 aromatic heterocycles. The Kier molecular flexibility index (Phi) is 2.81. The molecule has 17 heavy (non-hydrogen) atoms. The van der Waals surface area contributed by atoms with E-state index in [9.17, 15) is 5.11 Å². The Morgan fingerprint density at radius 1 is 1.29 bits per heavy atom. The maximum Gasteiger partial charge on any atom is 0.115 e. The summed E-state index contributed by atoms with van der Waals surface area (Å²) in [5.74, 6) is 0.827. The van der Waals surface area contributed by atoms with Gasteiger partial charge in [0.25, 0.3) is 0 Å². The number of ether oxygens (including phenoxy) is 1. The minimum absolute atomic E-state index is 0.176. The van der Waals surface area contributed by atoms with E-state index in [0.717, 1.165) is 12.8 Å². The summed E-state index contributed by atoms with van der Waals surface area (Å²) in [6.07, 6.45) is 5.26. The van der Waals surface area contributed by atoms with Crippen molar-refractivity contribution in [2.45, 2.75) is 43.9 Å². The van der Waals surface area contributed by atoms with Gasteiger partial charge in [0.05, 0.1) is 12.2 Å². The Balaban J connectivity index is 1.63. The molecule has 2 saturated heterocycles. The molecular weight excluding hydrogens is 214 g/mol. The van der Waals surface area contributed by atoms with Crippen LogP contribution in [0.25, 0.3) is 0 Å². The van der Waals surface area contributed by atoms with E-state index in [0.29, 0.717) is 23.9 Å². The number of hydrogen-bond donors (Lipinski definition) is 2. The lowest BCUT2D eigenvalue weighted by Crippen LogP contribution is -2.37. The number of aromatic hydroxyl groups is 1. The van der Waals surface area contributed by atoms with E-state index in [1.165, 1.54) is 18.4 Å². The zero-order chi connectivity index (χ0) is 11.8. The van der Waals surface area contributed by atoms with Crippen LogP contribution in [0.3, 0.4) is 0 Å². The number of phenols is 1. The quantitative estimate of drug-likeness (QED) is 0.837. The van der Waals surface area contributed by atoms with E-state index >= 15 is 0 Å². The van der Waals surface area contributed by atoms with Crippen molar-refractivity contribution in [1.82, 2.24) is 0 Å². The fourth-order valence-corrected chi connectivity index (χ4v) is 3.18. The highest BCUT2D eigenvalue weighted by Gasteiger charge is 2.43. The van der Waals surface area contributed by atoms with Gasteiger partial charge in [-0.05, 0) is 43.4 Å². The van der Waals surface area contributed by atoms with E-state index < -0.39 is 0 Å². The number of rotatable bonds is 3. The maximum atomic E-state index is 9.24. The largest absolute Gasteiger partial charge is 0.508 e. The van der Waals surface area contributed by atoms with Crippen LogP contribution in [0, 0.1) is 5.92 Å². The van der Waals surface area contributed by atoms with Crippen LogP contribution in [0.4, 0.5) is 0 Å². The highest BCUT2D eigenvalue weighted by Crippen LogP contribution is 2.40. The van der Waals surface area contributed by atoms with Crippen LogP contribution >= 0.6 is 0 Å². The van der Waals surface area contributed by atoms with Crippen molar-refractivity contribution in [3.05, 3.63) is 29.8 Å². The van der Waals surface area contributed by atoms with Crippen LogP contribution in [0.5, 0.6) is 5.75 Å². The predicted octanol–water partition coefficient (Wildman–Crippen LogP) is 1.83. The lowest BCUT2D eigenvalue weighted by Gasteiger charge is -2.25. The third-order valence-electron chi connectivity index (χ3n) is 4.11. The van der Waals surface area contributed by atoms with Crippen molar-refractivity contribution in [1.29, 1.82) is 0 Å². The normalized spacial score (nSPS) is 32.9. The number of phenolic OH excluding ortho intramolecular Hbond substituents is 1. The molecule has 3 heteroatoms. The summed E-state index contributed by atoms with van der Waals surface area (Å²) in [5.41, 5.74) is 7.49. The van der Waals surface area contributed by atoms with Crippen molar-refractivity contribution in [3.63, 3.8) is 0 Å². The predicted molar refractivity (Wildman–Crippen MR) is 65.8 cm³/mol. The van der Waals surface area contributed by atoms with E-state index in [-0.39, 0.29) is 6.04 Å². The Morgan fingerprint density at radius 3 is 2.65 bits per heavy atom. The summed E-state index contributed by atoms with van der Waals surface area (Å²) < 4.78 is 5.84. The zero-order valence-electron chi connectivity index (χ0n) is 9.88. The summed E-state index contributed by atoms with van der Waals surface area (Å²) >= 11 is 0. The molecule has 0 saturated carbocycles. The van der Waals surface area contributed by atoms with E-state index in [2.05, 4.69) is 0 Å². The van der Waals surface area contributed by atoms with Gasteiger partial charge in [0, 0.05) is 12.0 Å². The van der Waals surface area contributed by atoms with Gasteiger partial charge in [-0.1, -0.05) is 12.1 Å². The third-order valence-corrected chi connectivity index (χ3v) is 4.11. The lowest BCUT2D eigenvalue weighted by molar-refractivity contribution is 0.0885. The smallest absolute Gasteiger partial charge is 0.115 e. The second kappa shape index (κ2) is 4.31. The second-order valence-electron chi connectivity index (χ2n) is 5.31. The minimum Gasteiger partial charge on any atom is -0.508 e. The van der Waals surface area contributed by atoms with Gasteiger partial charge in [-0.2, -0.15) is 0 Å². The van der Waals surface area contributed by atoms with E-state index in [1.54, 1.807) is 12.1 Å². The molecule has 2 bridgehead atoms. The Morgan fingerprint density at radius 2 is 2.06 bits per heavy atom. The molecule has 0 spiro atoms. The van der Waals surface area contributed by atoms with Gasteiger partial charge in [-0.3, -0.25) is 0 Å². The minimum atomic E-state index is 0.176. The van der Waals surface area contributed by atoms with Crippen LogP contribution in [0.15, 0.2) is 24.3 Å². The monoisotopic (exact) mass is 233 g/mol. The molecule has 1 aromatic rings. The second-order valence-corrected chi connectivity index (χ2v) is 5.31. The van der Waals surface area contributed by atoms with Crippen molar-refractivity contribution in [2.75, 3.05) is 0 Å². The standard InChI is InChI=1S/C14H19NO2/c15-13(7-9-1-3-10(16)4-2-9)12-8-11-5-6-14(12)17-11/h1-4,11-14,16H,5-8,15H2. The number of benzene rings is 1. The molecule has 0 radical (unpaired) electrons. The SMILES string of the molecule is NC(Cc1ccc(O)cc1)C1CC2CCC1O2. The highest BCUT2D eigenvalue weighted by atomic mass is 16.5. The van der Waals surface area contributed by atoms with Crippen LogP contribution in [0.2, 0.25) is 0 Å². The molecule has 2 heterocycles. The molecule has 4 atom stereocenters. The highest BCUT2D eigenvalue weighted by molar-refractivity contribution is 5.26. The lowest BCUT2D eigenvalue weighted by atomic mass is 9.82. The fourth-order valence-electron chi connectivity index (χ4n) is 3.18. The van der Waals surface area contributed by atoms with Crippen LogP contribution in [-0.4, -0.2) is 23.4 Å². The summed E-state index contributed by atoms with van der Waals surface area (Å²) in [5, 5.41) is 9.24. The van der Waals surface area contributed by atoms with Crippen LogP contribution in [0.1, 0.15) is 24.8 Å². The van der Waals surface area contributed by atoms with Crippen LogP contribution in [-0.2, 0) is 11.2 Å². The molecule has 2 aliphatic heterocycles. The summed E-state index contributed by atoms with van der Waals surface area (Å²) in [6, 6.07) is 7.51. The van der Waals surface area contributed by atoms with Crippen molar-refractivity contribution >= 4 is 0 Å². The Bertz CT molecular complexity index is 390. The zero-order valence-corrected chi connectivity index (χ0v) is 9.88. The molecule has 0 amide bonds. The molecule has 2 fully saturated rings. The first kappa shape index (κ1) is 11.1. The van der Waals surface area contributed by atoms with Crippen LogP contribution < -0.4 is 5.73 Å². The molecular formula is C14H19NO2. The fraction of sp³-hybridized carbons (Fsp3) is 0.571. The van der Waals surface area contributed by atoms with Crippen molar-refractivity contribution in [2.24, 2.45) is 11.7 Å². The van der Waals surface area contributed by atoms with E-state index in [1.807, 2.05) is 12.1 Å². The number of hydrogen-bond acceptors (Lipinski definition) is 3. The molecule has 4 unspecified atom stereocenters. The maximum absolute atomic E-state index is 9.24. The first-order chi connectivity index (χ1) is 8.22. The van der Waals surface area contributed by atoms with Gasteiger partial charge in [-0.25, -0.2) is 0 Å². The number of fused-ring (bicyclic) bond motifs is 2. The first-order valence-corrected chi connectivity index (χ1v) is 6.41. The summed E-state index contributed by atoms with van der Waals surface area (Å²) in [6.45, 7) is 0. The van der Waals surface area contributed by atoms with Gasteiger partial charge in [0.1, 0.15) is 5.75 Å². The average Bonchev–Trinajstić information content (AvgIpc) is 2.94. The average molecular weight is 233 g/mol. The van der Waals surface area contributed by atoms with Crippen molar-refractivity contribution < 1.29 is 9.84 Å². The van der Waals surface area contributed by atoms with Gasteiger partial charge in [0.2, 0.25) is 0 Å². The van der Waals surface area contributed by atoms with Gasteiger partial charge < -0.3 is 15.6 Å². The van der Waals surface area contributed by atoms with Gasteiger partial charge >= 0.3 is 0 Å². The molecule has 92 valence electrons. The Hall–Kier alpha value is -1.06. The molecule has 3 N–H and O–H groups in total. The molecule has 0 aliphatic carbocycles. The third kappa shape index (κ3) is 2.17. The van der Waals surface area contributed by atoms with E-state index in [4.69, 9.17) is 10.5 Å². The topological polar surface area (TPSA) is 55.5 Å². The Labute approximate surface area is 102 Å². The molecule has 1 aromatic carbocycles. The molecule has 3 rings (SSSR count). The molecule has 2 aliphatic rings. The summed E-state index contributed by atoms with van der Waals surface area (Å²) in [7, 11) is 0. The molecule has 3 nitrogen and oxygen atoms in total. The van der Waals surface area contributed by atoms with Gasteiger partial charge in [0.15, 0.2) is 0 Å². The first-order valence-electron chi connectivity index (χ1n) is 6.41. The number of nitrogens with two attached hydrogens (primary N) is 1.